The van der Waals surface area contributed by atoms with Crippen LogP contribution in [0.1, 0.15) is 110 Å². The van der Waals surface area contributed by atoms with Crippen LogP contribution in [0.3, 0.4) is 0 Å². The van der Waals surface area contributed by atoms with Crippen LogP contribution in [0.15, 0.2) is 29.8 Å². The summed E-state index contributed by atoms with van der Waals surface area (Å²) in [6.45, 7) is 17.6. The molecule has 0 heteroatoms. The van der Waals surface area contributed by atoms with E-state index in [0.717, 1.165) is 35.5 Å². The van der Waals surface area contributed by atoms with Crippen LogP contribution < -0.4 is 0 Å². The van der Waals surface area contributed by atoms with Crippen LogP contribution in [0.5, 0.6) is 0 Å². The zero-order valence-corrected chi connectivity index (χ0v) is 22.0. The predicted octanol–water partition coefficient (Wildman–Crippen LogP) is 9.01. The fraction of sp³-hybridized carbons (Fsp3) is 0.750. The maximum Gasteiger partial charge on any atom is 0.00388 e. The highest BCUT2D eigenvalue weighted by Gasteiger charge is 2.65. The van der Waals surface area contributed by atoms with E-state index in [0.29, 0.717) is 11.3 Å². The van der Waals surface area contributed by atoms with Crippen molar-refractivity contribution in [1.29, 1.82) is 0 Å². The lowest BCUT2D eigenvalue weighted by atomic mass is 9.34. The molecule has 0 saturated heterocycles. The highest BCUT2D eigenvalue weighted by Crippen LogP contribution is 2.71. The van der Waals surface area contributed by atoms with Gasteiger partial charge in [0.2, 0.25) is 0 Å². The molecule has 4 aliphatic carbocycles. The first-order valence-corrected chi connectivity index (χ1v) is 14.1. The second kappa shape index (κ2) is 8.02. The van der Waals surface area contributed by atoms with Crippen molar-refractivity contribution >= 4 is 0 Å². The molecule has 1 aromatic carbocycles. The van der Waals surface area contributed by atoms with Gasteiger partial charge in [0.05, 0.1) is 0 Å². The minimum Gasteiger partial charge on any atom is -0.0819 e. The van der Waals surface area contributed by atoms with Gasteiger partial charge in [-0.1, -0.05) is 64.5 Å². The molecule has 0 aliphatic heterocycles. The summed E-state index contributed by atoms with van der Waals surface area (Å²) in [6, 6.07) is 7.55. The predicted molar refractivity (Wildman–Crippen MR) is 138 cm³/mol. The maximum absolute atomic E-state index is 2.64. The van der Waals surface area contributed by atoms with Crippen LogP contribution in [0.25, 0.3) is 0 Å². The number of rotatable bonds is 4. The zero-order valence-electron chi connectivity index (χ0n) is 22.0. The summed E-state index contributed by atoms with van der Waals surface area (Å²) in [5.74, 6) is 6.28. The number of benzene rings is 1. The van der Waals surface area contributed by atoms with Crippen LogP contribution in [0, 0.1) is 48.3 Å². The van der Waals surface area contributed by atoms with Crippen LogP contribution in [0.4, 0.5) is 0 Å². The lowest BCUT2D eigenvalue weighted by Gasteiger charge is -2.70. The third-order valence-corrected chi connectivity index (χ3v) is 11.9. The summed E-state index contributed by atoms with van der Waals surface area (Å²) in [6.07, 6.45) is 13.7. The second-order valence-electron chi connectivity index (χ2n) is 12.7. The average molecular weight is 433 g/mol. The Bertz CT molecular complexity index is 891. The smallest absolute Gasteiger partial charge is 0.00388 e. The van der Waals surface area contributed by atoms with Crippen LogP contribution in [0.2, 0.25) is 0 Å². The van der Waals surface area contributed by atoms with E-state index in [1.54, 1.807) is 28.7 Å². The lowest BCUT2D eigenvalue weighted by Crippen LogP contribution is -2.65. The Morgan fingerprint density at radius 1 is 0.844 bits per heavy atom. The van der Waals surface area contributed by atoms with E-state index in [4.69, 9.17) is 0 Å². The van der Waals surface area contributed by atoms with Crippen molar-refractivity contribution in [2.24, 2.45) is 41.4 Å². The molecule has 3 saturated carbocycles. The van der Waals surface area contributed by atoms with Crippen LogP contribution >= 0.6 is 0 Å². The SMILES string of the molecule is CCC1(c2cccc(C3(CC)C(C)CC4CC5CC3C45)c2C)C(C)C=C(C)CCCC1C. The molecule has 0 nitrogen and oxygen atoms in total. The van der Waals surface area contributed by atoms with E-state index in [1.165, 1.54) is 44.9 Å². The van der Waals surface area contributed by atoms with E-state index < -0.39 is 0 Å². The molecule has 0 N–H and O–H groups in total. The first-order valence-electron chi connectivity index (χ1n) is 14.1. The number of allylic oxidation sites excluding steroid dienone is 2. The molecule has 0 aromatic heterocycles. The largest absolute Gasteiger partial charge is 0.0819 e. The van der Waals surface area contributed by atoms with Gasteiger partial charge < -0.3 is 0 Å². The summed E-state index contributed by atoms with van der Waals surface area (Å²) in [4.78, 5) is 0. The van der Waals surface area contributed by atoms with Gasteiger partial charge in [-0.25, -0.2) is 0 Å². The fourth-order valence-electron chi connectivity index (χ4n) is 10.3. The minimum absolute atomic E-state index is 0.260. The molecule has 9 unspecified atom stereocenters. The standard InChI is InChI=1S/C32H48/c1-8-31(21(4)13-10-12-20(3)16-22(31)5)27-14-11-15-28(24(27)7)32(9-2)23(6)17-25-18-26-19-29(32)30(25)26/h11,14-16,21-23,25-26,29-30H,8-10,12-13,17-19H2,1-7H3. The summed E-state index contributed by atoms with van der Waals surface area (Å²) < 4.78 is 0. The molecule has 0 spiro atoms. The molecule has 3 fully saturated rings. The van der Waals surface area contributed by atoms with Gasteiger partial charge in [0.25, 0.3) is 0 Å². The summed E-state index contributed by atoms with van der Waals surface area (Å²) in [5, 5.41) is 0. The first-order chi connectivity index (χ1) is 15.3. The molecule has 0 heterocycles. The van der Waals surface area contributed by atoms with Gasteiger partial charge in [-0.15, -0.1) is 0 Å². The highest BCUT2D eigenvalue weighted by atomic mass is 14.7. The topological polar surface area (TPSA) is 0 Å². The molecular formula is C32H48. The molecule has 32 heavy (non-hydrogen) atoms. The van der Waals surface area contributed by atoms with Gasteiger partial charge in [0, 0.05) is 10.8 Å². The molecular weight excluding hydrogens is 384 g/mol. The van der Waals surface area contributed by atoms with Crippen molar-refractivity contribution in [2.45, 2.75) is 111 Å². The summed E-state index contributed by atoms with van der Waals surface area (Å²) >= 11 is 0. The minimum atomic E-state index is 0.260. The molecule has 176 valence electrons. The zero-order chi connectivity index (χ0) is 22.8. The van der Waals surface area contributed by atoms with E-state index >= 15 is 0 Å². The van der Waals surface area contributed by atoms with E-state index in [9.17, 15) is 0 Å². The number of hydrogen-bond acceptors (Lipinski definition) is 0. The number of hydrogen-bond donors (Lipinski definition) is 0. The van der Waals surface area contributed by atoms with Crippen molar-refractivity contribution in [2.75, 3.05) is 0 Å². The summed E-state index contributed by atoms with van der Waals surface area (Å²) in [7, 11) is 0. The van der Waals surface area contributed by atoms with Gasteiger partial charge in [-0.2, -0.15) is 0 Å². The van der Waals surface area contributed by atoms with Gasteiger partial charge in [0.1, 0.15) is 0 Å². The lowest BCUT2D eigenvalue weighted by molar-refractivity contribution is -0.181. The molecule has 4 aliphatic rings. The van der Waals surface area contributed by atoms with Gasteiger partial charge in [-0.05, 0) is 123 Å². The Labute approximate surface area is 198 Å². The van der Waals surface area contributed by atoms with Crippen LogP contribution in [-0.4, -0.2) is 0 Å². The molecule has 0 bridgehead atoms. The highest BCUT2D eigenvalue weighted by molar-refractivity contribution is 5.47. The monoisotopic (exact) mass is 432 g/mol. The third-order valence-electron chi connectivity index (χ3n) is 11.9. The van der Waals surface area contributed by atoms with E-state index in [2.05, 4.69) is 72.7 Å². The van der Waals surface area contributed by atoms with Crippen molar-refractivity contribution in [1.82, 2.24) is 0 Å². The van der Waals surface area contributed by atoms with Gasteiger partial charge in [0.15, 0.2) is 0 Å². The molecule has 0 amide bonds. The second-order valence-corrected chi connectivity index (χ2v) is 12.7. The third kappa shape index (κ3) is 2.86. The Morgan fingerprint density at radius 3 is 2.16 bits per heavy atom. The van der Waals surface area contributed by atoms with Gasteiger partial charge >= 0.3 is 0 Å². The molecule has 0 radical (unpaired) electrons. The fourth-order valence-corrected chi connectivity index (χ4v) is 10.3. The Kier molecular flexibility index (Phi) is 5.70. The maximum atomic E-state index is 2.64. The van der Waals surface area contributed by atoms with Crippen molar-refractivity contribution in [3.8, 4) is 0 Å². The Hall–Kier alpha value is -1.04. The summed E-state index contributed by atoms with van der Waals surface area (Å²) in [5.41, 5.74) is 7.37. The molecule has 5 rings (SSSR count). The molecule has 9 atom stereocenters. The Morgan fingerprint density at radius 2 is 1.50 bits per heavy atom. The normalized spacial score (nSPS) is 45.6. The quantitative estimate of drug-likeness (QED) is 0.416. The van der Waals surface area contributed by atoms with E-state index in [-0.39, 0.29) is 5.41 Å². The average Bonchev–Trinajstić information content (AvgIpc) is 2.73. The van der Waals surface area contributed by atoms with Crippen molar-refractivity contribution in [3.05, 3.63) is 46.5 Å². The molecule has 1 aromatic rings. The Balaban J connectivity index is 1.65. The first kappa shape index (κ1) is 22.7. The van der Waals surface area contributed by atoms with Crippen molar-refractivity contribution < 1.29 is 0 Å². The van der Waals surface area contributed by atoms with E-state index in [1.807, 2.05) is 0 Å². The van der Waals surface area contributed by atoms with Gasteiger partial charge in [-0.3, -0.25) is 0 Å². The van der Waals surface area contributed by atoms with Crippen molar-refractivity contribution in [3.63, 3.8) is 0 Å². The van der Waals surface area contributed by atoms with Crippen LogP contribution in [-0.2, 0) is 10.8 Å².